The molecule has 24 heavy (non-hydrogen) atoms. The van der Waals surface area contributed by atoms with Gasteiger partial charge in [0.15, 0.2) is 0 Å². The van der Waals surface area contributed by atoms with Crippen molar-refractivity contribution in [2.24, 2.45) is 4.99 Å². The molecular weight excluding hydrogens is 343 g/mol. The average Bonchev–Trinajstić information content (AvgIpc) is 2.54. The summed E-state index contributed by atoms with van der Waals surface area (Å²) in [4.78, 5) is 3.99. The summed E-state index contributed by atoms with van der Waals surface area (Å²) >= 11 is 5.58. The maximum Gasteiger partial charge on any atom is 0.417 e. The molecule has 0 aliphatic heterocycles. The number of rotatable bonds is 6. The van der Waals surface area contributed by atoms with Crippen LogP contribution in [-0.4, -0.2) is 24.5 Å². The molecule has 0 atom stereocenters. The van der Waals surface area contributed by atoms with Crippen molar-refractivity contribution in [2.45, 2.75) is 12.8 Å². The van der Waals surface area contributed by atoms with Gasteiger partial charge < -0.3 is 9.84 Å². The molecule has 7 heteroatoms. The van der Waals surface area contributed by atoms with Crippen LogP contribution in [0.1, 0.15) is 16.7 Å². The Balaban J connectivity index is 2.01. The van der Waals surface area contributed by atoms with E-state index in [2.05, 4.69) is 4.99 Å². The maximum absolute atomic E-state index is 12.8. The monoisotopic (exact) mass is 357 g/mol. The Morgan fingerprint density at radius 1 is 1.12 bits per heavy atom. The first-order valence-corrected chi connectivity index (χ1v) is 7.47. The van der Waals surface area contributed by atoms with E-state index in [1.807, 2.05) is 0 Å². The number of ether oxygens (including phenoxy) is 1. The summed E-state index contributed by atoms with van der Waals surface area (Å²) in [5, 5.41) is 8.31. The molecule has 0 heterocycles. The first kappa shape index (κ1) is 18.3. The highest BCUT2D eigenvalue weighted by molar-refractivity contribution is 6.31. The number of aliphatic hydroxyl groups excluding tert-OH is 1. The van der Waals surface area contributed by atoms with Crippen molar-refractivity contribution in [3.05, 3.63) is 64.2 Å². The lowest BCUT2D eigenvalue weighted by Gasteiger charge is -2.12. The number of hydrogen-bond acceptors (Lipinski definition) is 3. The summed E-state index contributed by atoms with van der Waals surface area (Å²) in [6.45, 7) is 0.313. The highest BCUT2D eigenvalue weighted by atomic mass is 35.5. The van der Waals surface area contributed by atoms with E-state index in [0.717, 1.165) is 11.6 Å². The molecule has 0 bridgehead atoms. The van der Waals surface area contributed by atoms with Gasteiger partial charge in [0.2, 0.25) is 0 Å². The average molecular weight is 358 g/mol. The van der Waals surface area contributed by atoms with Crippen LogP contribution in [0.3, 0.4) is 0 Å². The van der Waals surface area contributed by atoms with E-state index in [1.54, 1.807) is 30.5 Å². The maximum atomic E-state index is 12.8. The van der Waals surface area contributed by atoms with Crippen LogP contribution in [0.4, 0.5) is 13.2 Å². The summed E-state index contributed by atoms with van der Waals surface area (Å²) < 4.78 is 43.9. The number of hydrogen-bond donors (Lipinski definition) is 1. The highest BCUT2D eigenvalue weighted by Gasteiger charge is 2.33. The van der Waals surface area contributed by atoms with Gasteiger partial charge in [-0.1, -0.05) is 17.7 Å². The Hall–Kier alpha value is -2.05. The van der Waals surface area contributed by atoms with Crippen LogP contribution < -0.4 is 4.74 Å². The topological polar surface area (TPSA) is 41.8 Å². The molecule has 0 aromatic heterocycles. The van der Waals surface area contributed by atoms with Crippen LogP contribution in [0.25, 0.3) is 0 Å². The Morgan fingerprint density at radius 3 is 2.46 bits per heavy atom. The van der Waals surface area contributed by atoms with Gasteiger partial charge in [-0.15, -0.1) is 0 Å². The summed E-state index contributed by atoms with van der Waals surface area (Å²) in [7, 11) is 0. The minimum Gasteiger partial charge on any atom is -0.489 e. The lowest BCUT2D eigenvalue weighted by atomic mass is 10.1. The van der Waals surface area contributed by atoms with Crippen molar-refractivity contribution in [3.63, 3.8) is 0 Å². The zero-order chi connectivity index (χ0) is 17.6. The second kappa shape index (κ2) is 8.17. The summed E-state index contributed by atoms with van der Waals surface area (Å²) in [5.74, 6) is 0.526. The van der Waals surface area contributed by atoms with E-state index >= 15 is 0 Å². The van der Waals surface area contributed by atoms with E-state index in [1.165, 1.54) is 12.1 Å². The van der Waals surface area contributed by atoms with Gasteiger partial charge in [0, 0.05) is 6.21 Å². The van der Waals surface area contributed by atoms with Gasteiger partial charge in [-0.2, -0.15) is 13.2 Å². The number of benzene rings is 2. The predicted molar refractivity (Wildman–Crippen MR) is 86.8 cm³/mol. The van der Waals surface area contributed by atoms with Crippen LogP contribution in [0.2, 0.25) is 5.02 Å². The minimum absolute atomic E-state index is 0.00179. The molecule has 3 nitrogen and oxygen atoms in total. The molecule has 0 saturated carbocycles. The molecule has 0 fully saturated rings. The first-order chi connectivity index (χ1) is 11.4. The van der Waals surface area contributed by atoms with E-state index < -0.39 is 11.7 Å². The van der Waals surface area contributed by atoms with E-state index in [4.69, 9.17) is 21.4 Å². The molecular formula is C17H15ClF3NO2. The summed E-state index contributed by atoms with van der Waals surface area (Å²) in [5.41, 5.74) is 0.336. The molecule has 128 valence electrons. The summed E-state index contributed by atoms with van der Waals surface area (Å²) in [6.07, 6.45) is -2.88. The fourth-order valence-corrected chi connectivity index (χ4v) is 2.15. The lowest BCUT2D eigenvalue weighted by molar-refractivity contribution is -0.137. The minimum atomic E-state index is -4.50. The molecule has 2 rings (SSSR count). The zero-order valence-electron chi connectivity index (χ0n) is 12.6. The zero-order valence-corrected chi connectivity index (χ0v) is 13.3. The van der Waals surface area contributed by atoms with Gasteiger partial charge in [0.25, 0.3) is 0 Å². The second-order valence-corrected chi connectivity index (χ2v) is 5.34. The Morgan fingerprint density at radius 2 is 1.83 bits per heavy atom. The number of alkyl halides is 3. The molecule has 2 aromatic carbocycles. The molecule has 0 saturated heterocycles. The molecule has 2 aromatic rings. The second-order valence-electron chi connectivity index (χ2n) is 4.93. The number of aliphatic imine (C=N–C) groups is 1. The Bertz CT molecular complexity index is 700. The normalized spacial score (nSPS) is 11.9. The van der Waals surface area contributed by atoms with Gasteiger partial charge >= 0.3 is 6.18 Å². The largest absolute Gasteiger partial charge is 0.489 e. The van der Waals surface area contributed by atoms with Crippen molar-refractivity contribution in [1.82, 2.24) is 0 Å². The predicted octanol–water partition coefficient (Wildman–Crippen LogP) is 4.35. The van der Waals surface area contributed by atoms with Crippen molar-refractivity contribution in [3.8, 4) is 5.75 Å². The molecule has 1 N–H and O–H groups in total. The van der Waals surface area contributed by atoms with Crippen molar-refractivity contribution in [1.29, 1.82) is 0 Å². The SMILES string of the molecule is OCC/N=C/c1ccc(OCc2ccc(Cl)c(C(F)(F)F)c2)cc1. The third kappa shape index (κ3) is 5.25. The molecule has 0 spiro atoms. The molecule has 0 unspecified atom stereocenters. The highest BCUT2D eigenvalue weighted by Crippen LogP contribution is 2.35. The van der Waals surface area contributed by atoms with Crippen LogP contribution in [-0.2, 0) is 12.8 Å². The van der Waals surface area contributed by atoms with E-state index in [9.17, 15) is 13.2 Å². The number of nitrogens with zero attached hydrogens (tertiary/aromatic N) is 1. The van der Waals surface area contributed by atoms with Crippen LogP contribution in [0.15, 0.2) is 47.5 Å². The van der Waals surface area contributed by atoms with Gasteiger partial charge in [0.05, 0.1) is 23.7 Å². The third-order valence-corrected chi connectivity index (χ3v) is 3.42. The fourth-order valence-electron chi connectivity index (χ4n) is 1.92. The van der Waals surface area contributed by atoms with Crippen molar-refractivity contribution < 1.29 is 23.0 Å². The van der Waals surface area contributed by atoms with Crippen molar-refractivity contribution in [2.75, 3.05) is 13.2 Å². The molecule has 0 aliphatic rings. The Kier molecular flexibility index (Phi) is 6.23. The number of halogens is 4. The number of aliphatic hydroxyl groups is 1. The summed E-state index contributed by atoms with van der Waals surface area (Å²) in [6, 6.07) is 10.6. The fraction of sp³-hybridized carbons (Fsp3) is 0.235. The van der Waals surface area contributed by atoms with Gasteiger partial charge in [-0.25, -0.2) is 0 Å². The third-order valence-electron chi connectivity index (χ3n) is 3.09. The van der Waals surface area contributed by atoms with Crippen LogP contribution >= 0.6 is 11.6 Å². The van der Waals surface area contributed by atoms with Crippen molar-refractivity contribution >= 4 is 17.8 Å². The van der Waals surface area contributed by atoms with Gasteiger partial charge in [0.1, 0.15) is 12.4 Å². The Labute approximate surface area is 142 Å². The first-order valence-electron chi connectivity index (χ1n) is 7.09. The standard InChI is InChI=1S/C17H15ClF3NO2/c18-16-6-3-13(9-15(16)17(19,20)21)11-24-14-4-1-12(2-5-14)10-22-7-8-23/h1-6,9-10,23H,7-8,11H2/b22-10+. The van der Waals surface area contributed by atoms with Crippen LogP contribution in [0, 0.1) is 0 Å². The smallest absolute Gasteiger partial charge is 0.417 e. The molecule has 0 amide bonds. The quantitative estimate of drug-likeness (QED) is 0.781. The molecule has 0 aliphatic carbocycles. The molecule has 0 radical (unpaired) electrons. The lowest BCUT2D eigenvalue weighted by Crippen LogP contribution is -2.07. The van der Waals surface area contributed by atoms with E-state index in [0.29, 0.717) is 17.9 Å². The van der Waals surface area contributed by atoms with E-state index in [-0.39, 0.29) is 18.2 Å². The van der Waals surface area contributed by atoms with Gasteiger partial charge in [-0.05, 0) is 47.5 Å². The van der Waals surface area contributed by atoms with Gasteiger partial charge in [-0.3, -0.25) is 4.99 Å². The van der Waals surface area contributed by atoms with Crippen LogP contribution in [0.5, 0.6) is 5.75 Å².